The minimum absolute atomic E-state index is 0. The number of aliphatic hydroxyl groups is 1. The molecule has 5 aliphatic rings. The van der Waals surface area contributed by atoms with Gasteiger partial charge in [-0.1, -0.05) is 67.0 Å². The fourth-order valence-corrected chi connectivity index (χ4v) is 16.7. The van der Waals surface area contributed by atoms with E-state index in [1.165, 1.54) is 51.5 Å². The number of esters is 1. The number of alkyl carbamates (subject to hydrolysis) is 1. The minimum Gasteiger partial charge on any atom is -1.00 e. The second-order valence-corrected chi connectivity index (χ2v) is 35.6. The fraction of sp³-hybridized carbons (Fsp3) is 0.662. The molecule has 0 bridgehead atoms. The molecule has 1 amide bonds. The van der Waals surface area contributed by atoms with Crippen molar-refractivity contribution >= 4 is 122 Å². The van der Waals surface area contributed by atoms with Crippen molar-refractivity contribution in [2.45, 2.75) is 296 Å². The Morgan fingerprint density at radius 1 is 0.548 bits per heavy atom. The summed E-state index contributed by atoms with van der Waals surface area (Å²) in [5, 5.41) is 16.8. The Morgan fingerprint density at radius 3 is 1.25 bits per heavy atom. The first-order valence-electron chi connectivity index (χ1n) is 37.0. The van der Waals surface area contributed by atoms with Gasteiger partial charge in [-0.05, 0) is 225 Å². The number of hydrogen-bond donors (Lipinski definition) is 3. The molecule has 4 aliphatic carbocycles. The molecule has 104 heavy (non-hydrogen) atoms. The number of rotatable bonds is 14. The summed E-state index contributed by atoms with van der Waals surface area (Å²) in [6.45, 7) is 30.8. The number of nitrogens with zero attached hydrogens (tertiary/aromatic N) is 9. The van der Waals surface area contributed by atoms with Crippen LogP contribution < -0.4 is 54.8 Å². The molecule has 9 heterocycles. The first-order valence-corrected chi connectivity index (χ1v) is 40.6. The molecule has 0 aromatic carbocycles. The van der Waals surface area contributed by atoms with Crippen LogP contribution >= 0.6 is 69.4 Å². The van der Waals surface area contributed by atoms with Crippen molar-refractivity contribution < 1.29 is 74.1 Å². The number of thiophene rings is 4. The summed E-state index contributed by atoms with van der Waals surface area (Å²) < 4.78 is 34.1. The van der Waals surface area contributed by atoms with E-state index in [9.17, 15) is 14.7 Å². The van der Waals surface area contributed by atoms with Gasteiger partial charge in [-0.3, -0.25) is 4.79 Å². The van der Waals surface area contributed by atoms with Gasteiger partial charge in [0.1, 0.15) is 79.3 Å². The molecule has 1 aliphatic heterocycles. The Kier molecular flexibility index (Phi) is 36.3. The van der Waals surface area contributed by atoms with Crippen molar-refractivity contribution in [2.24, 2.45) is 11.7 Å². The number of halogens is 2. The van der Waals surface area contributed by atoms with Crippen molar-refractivity contribution in [3.8, 4) is 17.6 Å². The van der Waals surface area contributed by atoms with Crippen molar-refractivity contribution in [3.05, 3.63) is 74.2 Å². The zero-order chi connectivity index (χ0) is 73.8. The molecule has 8 aromatic rings. The maximum Gasteiger partial charge on any atom is 1.00 e. The minimum atomic E-state index is -0.446. The Labute approximate surface area is 668 Å². The number of aromatic nitrogens is 8. The van der Waals surface area contributed by atoms with Crippen LogP contribution in [0, 0.1) is 5.92 Å². The topological polar surface area (TPSA) is 254 Å². The molecule has 8 aromatic heterocycles. The summed E-state index contributed by atoms with van der Waals surface area (Å²) >= 11 is 12.8. The quantitative estimate of drug-likeness (QED) is 0.0519. The summed E-state index contributed by atoms with van der Waals surface area (Å²) in [5.41, 5.74) is 5.08. The van der Waals surface area contributed by atoms with Crippen LogP contribution in [-0.2, 0) is 19.0 Å². The smallest absolute Gasteiger partial charge is 1.00 e. The molecule has 1 saturated heterocycles. The number of ether oxygens (including phenoxy) is 6. The van der Waals surface area contributed by atoms with Crippen LogP contribution in [0.4, 0.5) is 4.79 Å². The van der Waals surface area contributed by atoms with Crippen LogP contribution in [0.25, 0.3) is 40.9 Å². The number of nitrogens with two attached hydrogens (primary N) is 1. The average Bonchev–Trinajstić information content (AvgIpc) is 1.70. The molecule has 4 saturated carbocycles. The first kappa shape index (κ1) is 88.6. The van der Waals surface area contributed by atoms with E-state index in [2.05, 4.69) is 144 Å². The number of aliphatic hydroxyl groups excluding tert-OH is 1. The molecule has 572 valence electrons. The maximum absolute atomic E-state index is 12.0. The standard InChI is InChI=1S/C21H30N2O3S.C17H25N3OS.C15H21N3OS.C11H21NO3.C9H9ClN2S.C4H8O.ClH.Na.H/c1-13(2)17-11-16-19(22-12-23-20(16)27-17)25-15-8-6-14(7-9-15)10-18(24)26-21(3,4)5;1-11(2)15-9-14-16(18-10-19-17(14)22-15)21-13-7-5-12(6-8-13)20(3)4;1-9(2)13-7-12-14(17-8-18-15(12)20-13)19-11-5-3-10(16)4-6-11;1-11(2,3)15-10(14)12-8-4-6-9(13)7-5-8;1-5(2)7-3-6-8(10)11-4-12-9(6)13-7;1-2-4-5-3-1;;;/h11-15H,6-10H2,1-5H3;9-13H,5-8H2,1-4H3;7-11H,3-6,16H2,1-2H3;8-9,13H,4-7H2,1-3H3,(H,12,14);3-5H,1-2H3;1-4H2;1H;;/q;;;;;;;+1;-1. The fourth-order valence-electron chi connectivity index (χ4n) is 12.5. The van der Waals surface area contributed by atoms with Crippen molar-refractivity contribution in [1.29, 1.82) is 0 Å². The predicted octanol–water partition coefficient (Wildman–Crippen LogP) is 16.6. The summed E-state index contributed by atoms with van der Waals surface area (Å²) in [5.74, 6) is 4.51. The van der Waals surface area contributed by atoms with E-state index in [0.717, 1.165) is 156 Å². The summed E-state index contributed by atoms with van der Waals surface area (Å²) in [7, 11) is 4.33. The number of nitrogens with one attached hydrogen (secondary N) is 1. The van der Waals surface area contributed by atoms with Crippen LogP contribution in [0.5, 0.6) is 17.6 Å². The molecular formula is C77H116Cl2N11NaO9S4. The van der Waals surface area contributed by atoms with Gasteiger partial charge < -0.3 is 50.9 Å². The Bertz CT molecular complexity index is 3860. The van der Waals surface area contributed by atoms with Crippen LogP contribution in [0.15, 0.2) is 49.6 Å². The van der Waals surface area contributed by atoms with E-state index in [-0.39, 0.29) is 85.9 Å². The van der Waals surface area contributed by atoms with E-state index >= 15 is 0 Å². The molecular weight excluding hydrogens is 1450 g/mol. The van der Waals surface area contributed by atoms with Crippen molar-refractivity contribution in [3.63, 3.8) is 0 Å². The molecule has 0 spiro atoms. The normalized spacial score (nSPS) is 21.2. The van der Waals surface area contributed by atoms with Crippen LogP contribution in [0.1, 0.15) is 264 Å². The summed E-state index contributed by atoms with van der Waals surface area (Å²) in [6, 6.07) is 9.80. The largest absolute Gasteiger partial charge is 1.00 e. The SMILES string of the molecule is C1CCOC1.CC(C)(C)OC(=O)NC1CCC(O)CC1.CC(C)c1cc2c(Cl)ncnc2s1.CC(C)c1cc2c(OC3CCC(CC(=O)OC(C)(C)C)CC3)ncnc2s1.CC(C)c1cc2c(OC3CCC(N(C)C)CC3)ncnc2s1.CC(C)c1cc2c(OC3CCC(N)CC3)ncnc2s1.Cl.[H-].[Na+]. The van der Waals surface area contributed by atoms with E-state index in [1.54, 1.807) is 64.3 Å². The van der Waals surface area contributed by atoms with Gasteiger partial charge in [-0.2, -0.15) is 0 Å². The molecule has 20 nitrogen and oxygen atoms in total. The van der Waals surface area contributed by atoms with E-state index in [1.807, 2.05) is 41.5 Å². The Morgan fingerprint density at radius 2 is 0.904 bits per heavy atom. The van der Waals surface area contributed by atoms with Gasteiger partial charge in [0.15, 0.2) is 0 Å². The van der Waals surface area contributed by atoms with Gasteiger partial charge in [-0.25, -0.2) is 44.7 Å². The second-order valence-electron chi connectivity index (χ2n) is 31.0. The number of hydrogen-bond acceptors (Lipinski definition) is 23. The Balaban J connectivity index is 0.000000234. The zero-order valence-electron chi connectivity index (χ0n) is 65.6. The average molecular weight is 1560 g/mol. The molecule has 0 unspecified atom stereocenters. The van der Waals surface area contributed by atoms with Crippen LogP contribution in [-0.4, -0.2) is 143 Å². The maximum atomic E-state index is 12.0. The first-order chi connectivity index (χ1) is 48.4. The van der Waals surface area contributed by atoms with Gasteiger partial charge in [-0.15, -0.1) is 57.8 Å². The number of carbonyl (C=O) groups excluding carboxylic acids is 2. The number of fused-ring (bicyclic) bond motifs is 4. The number of amides is 1. The van der Waals surface area contributed by atoms with Gasteiger partial charge in [0, 0.05) is 62.7 Å². The third-order valence-corrected chi connectivity index (χ3v) is 24.0. The van der Waals surface area contributed by atoms with Gasteiger partial charge >= 0.3 is 41.6 Å². The molecule has 13 rings (SSSR count). The van der Waals surface area contributed by atoms with E-state index in [4.69, 9.17) is 45.8 Å². The zero-order valence-corrected chi connectivity index (χ0v) is 71.5. The van der Waals surface area contributed by atoms with E-state index < -0.39 is 11.2 Å². The van der Waals surface area contributed by atoms with Crippen LogP contribution in [0.3, 0.4) is 0 Å². The molecule has 0 atom stereocenters. The van der Waals surface area contributed by atoms with E-state index in [0.29, 0.717) is 59.1 Å². The van der Waals surface area contributed by atoms with Gasteiger partial charge in [0.05, 0.1) is 22.3 Å². The summed E-state index contributed by atoms with van der Waals surface area (Å²) in [4.78, 5) is 69.4. The third-order valence-electron chi connectivity index (χ3n) is 18.4. The molecule has 27 heteroatoms. The van der Waals surface area contributed by atoms with Gasteiger partial charge in [0.25, 0.3) is 0 Å². The summed E-state index contributed by atoms with van der Waals surface area (Å²) in [6.07, 6.45) is 25.3. The van der Waals surface area contributed by atoms with Crippen molar-refractivity contribution in [2.75, 3.05) is 27.3 Å². The molecule has 0 radical (unpaired) electrons. The Hall–Kier alpha value is -4.28. The predicted molar refractivity (Wildman–Crippen MR) is 425 cm³/mol. The van der Waals surface area contributed by atoms with Gasteiger partial charge in [0.2, 0.25) is 17.6 Å². The van der Waals surface area contributed by atoms with Crippen LogP contribution in [0.2, 0.25) is 5.15 Å². The third kappa shape index (κ3) is 28.6. The second kappa shape index (κ2) is 42.6. The molecule has 4 N–H and O–H groups in total. The monoisotopic (exact) mass is 1560 g/mol. The number of carbonyl (C=O) groups is 2. The van der Waals surface area contributed by atoms with Crippen molar-refractivity contribution in [1.82, 2.24) is 50.1 Å². The molecule has 5 fully saturated rings.